The summed E-state index contributed by atoms with van der Waals surface area (Å²) >= 11 is 0. The van der Waals surface area contributed by atoms with E-state index < -0.39 is 0 Å². The number of carbonyl (C=O) groups is 2. The SMILES string of the molecule is Cc1c(C#N)nnn1-c1ccc2c(c1)C(=O)c1ccccc1C2=O. The van der Waals surface area contributed by atoms with Crippen LogP contribution in [0.2, 0.25) is 0 Å². The summed E-state index contributed by atoms with van der Waals surface area (Å²) in [5, 5.41) is 16.7. The van der Waals surface area contributed by atoms with E-state index in [0.717, 1.165) is 0 Å². The van der Waals surface area contributed by atoms with Crippen LogP contribution in [0.4, 0.5) is 0 Å². The number of fused-ring (bicyclic) bond motifs is 2. The Bertz CT molecular complexity index is 1070. The van der Waals surface area contributed by atoms with Crippen LogP contribution in [0.3, 0.4) is 0 Å². The molecule has 0 spiro atoms. The first-order valence-electron chi connectivity index (χ1n) is 7.27. The molecule has 1 heterocycles. The first-order valence-corrected chi connectivity index (χ1v) is 7.27. The highest BCUT2D eigenvalue weighted by Gasteiger charge is 2.29. The fourth-order valence-electron chi connectivity index (χ4n) is 2.90. The number of rotatable bonds is 1. The molecular weight excluding hydrogens is 304 g/mol. The normalized spacial score (nSPS) is 12.5. The van der Waals surface area contributed by atoms with E-state index in [-0.39, 0.29) is 17.3 Å². The lowest BCUT2D eigenvalue weighted by Gasteiger charge is -2.18. The molecule has 0 bridgehead atoms. The molecule has 114 valence electrons. The molecule has 24 heavy (non-hydrogen) atoms. The maximum Gasteiger partial charge on any atom is 0.194 e. The molecule has 6 nitrogen and oxygen atoms in total. The van der Waals surface area contributed by atoms with E-state index in [1.165, 1.54) is 4.68 Å². The number of aromatic nitrogens is 3. The van der Waals surface area contributed by atoms with Gasteiger partial charge in [0.05, 0.1) is 11.4 Å². The van der Waals surface area contributed by atoms with E-state index in [4.69, 9.17) is 5.26 Å². The molecule has 0 fully saturated rings. The molecule has 4 rings (SSSR count). The van der Waals surface area contributed by atoms with Crippen LogP contribution < -0.4 is 0 Å². The highest BCUT2D eigenvalue weighted by atomic mass is 16.1. The smallest absolute Gasteiger partial charge is 0.194 e. The van der Waals surface area contributed by atoms with Crippen molar-refractivity contribution in [2.24, 2.45) is 0 Å². The minimum atomic E-state index is -0.194. The predicted molar refractivity (Wildman–Crippen MR) is 84.1 cm³/mol. The van der Waals surface area contributed by atoms with Crippen LogP contribution in [0.1, 0.15) is 43.2 Å². The molecule has 1 aliphatic carbocycles. The van der Waals surface area contributed by atoms with Crippen molar-refractivity contribution in [2.45, 2.75) is 6.92 Å². The molecule has 0 saturated heterocycles. The van der Waals surface area contributed by atoms with Gasteiger partial charge in [-0.1, -0.05) is 29.5 Å². The molecular formula is C18H10N4O2. The molecule has 3 aromatic rings. The van der Waals surface area contributed by atoms with Gasteiger partial charge >= 0.3 is 0 Å². The molecule has 1 aliphatic rings. The Morgan fingerprint density at radius 3 is 2.21 bits per heavy atom. The molecule has 2 aromatic carbocycles. The molecule has 0 atom stereocenters. The van der Waals surface area contributed by atoms with Crippen molar-refractivity contribution in [1.82, 2.24) is 15.0 Å². The number of nitrogens with zero attached hydrogens (tertiary/aromatic N) is 4. The van der Waals surface area contributed by atoms with Gasteiger partial charge in [-0.2, -0.15) is 5.26 Å². The van der Waals surface area contributed by atoms with Crippen LogP contribution >= 0.6 is 0 Å². The molecule has 0 aliphatic heterocycles. The molecule has 0 N–H and O–H groups in total. The zero-order chi connectivity index (χ0) is 16.8. The third kappa shape index (κ3) is 1.82. The Morgan fingerprint density at radius 2 is 1.58 bits per heavy atom. The van der Waals surface area contributed by atoms with Crippen molar-refractivity contribution in [3.63, 3.8) is 0 Å². The summed E-state index contributed by atoms with van der Waals surface area (Å²) in [6.45, 7) is 1.72. The second kappa shape index (κ2) is 4.96. The summed E-state index contributed by atoms with van der Waals surface area (Å²) in [7, 11) is 0. The van der Waals surface area contributed by atoms with Gasteiger partial charge < -0.3 is 0 Å². The van der Waals surface area contributed by atoms with E-state index in [2.05, 4.69) is 10.3 Å². The number of ketones is 2. The number of hydrogen-bond acceptors (Lipinski definition) is 5. The lowest BCUT2D eigenvalue weighted by atomic mass is 9.84. The van der Waals surface area contributed by atoms with Gasteiger partial charge in [0.2, 0.25) is 0 Å². The predicted octanol–water partition coefficient (Wildman–Crippen LogP) is 2.22. The van der Waals surface area contributed by atoms with Gasteiger partial charge in [-0.05, 0) is 25.1 Å². The van der Waals surface area contributed by atoms with Crippen molar-refractivity contribution in [3.8, 4) is 11.8 Å². The van der Waals surface area contributed by atoms with Crippen molar-refractivity contribution in [3.05, 3.63) is 76.1 Å². The Labute approximate surface area is 137 Å². The fraction of sp³-hybridized carbons (Fsp3) is 0.0556. The molecule has 0 saturated carbocycles. The van der Waals surface area contributed by atoms with Gasteiger partial charge in [-0.25, -0.2) is 4.68 Å². The summed E-state index contributed by atoms with van der Waals surface area (Å²) in [6, 6.07) is 13.7. The standard InChI is InChI=1S/C18H10N4O2/c1-10-16(9-19)20-21-22(10)11-6-7-14-15(8-11)18(24)13-5-3-2-4-12(13)17(14)23/h2-8H,1H3. The molecule has 6 heteroatoms. The summed E-state index contributed by atoms with van der Waals surface area (Å²) < 4.78 is 1.48. The van der Waals surface area contributed by atoms with Crippen LogP contribution in [0, 0.1) is 18.3 Å². The highest BCUT2D eigenvalue weighted by Crippen LogP contribution is 2.28. The number of nitriles is 1. The van der Waals surface area contributed by atoms with Gasteiger partial charge in [0.25, 0.3) is 0 Å². The second-order valence-electron chi connectivity index (χ2n) is 5.48. The van der Waals surface area contributed by atoms with Gasteiger partial charge in [-0.15, -0.1) is 5.10 Å². The summed E-state index contributed by atoms with van der Waals surface area (Å²) in [5.74, 6) is -0.361. The third-order valence-corrected chi connectivity index (χ3v) is 4.15. The number of carbonyl (C=O) groups excluding carboxylic acids is 2. The molecule has 0 amide bonds. The Balaban J connectivity index is 1.90. The van der Waals surface area contributed by atoms with E-state index in [1.54, 1.807) is 49.4 Å². The Morgan fingerprint density at radius 1 is 0.958 bits per heavy atom. The van der Waals surface area contributed by atoms with Gasteiger partial charge in [-0.3, -0.25) is 9.59 Å². The topological polar surface area (TPSA) is 88.6 Å². The van der Waals surface area contributed by atoms with Gasteiger partial charge in [0.15, 0.2) is 17.3 Å². The van der Waals surface area contributed by atoms with Crippen LogP contribution in [-0.2, 0) is 0 Å². The number of hydrogen-bond donors (Lipinski definition) is 0. The molecule has 0 radical (unpaired) electrons. The van der Waals surface area contributed by atoms with E-state index in [0.29, 0.717) is 33.6 Å². The third-order valence-electron chi connectivity index (χ3n) is 4.15. The lowest BCUT2D eigenvalue weighted by Crippen LogP contribution is -2.21. The van der Waals surface area contributed by atoms with Crippen molar-refractivity contribution >= 4 is 11.6 Å². The first-order chi connectivity index (χ1) is 11.6. The summed E-state index contributed by atoms with van der Waals surface area (Å²) in [4.78, 5) is 25.3. The van der Waals surface area contributed by atoms with Crippen LogP contribution in [0.25, 0.3) is 5.69 Å². The summed E-state index contributed by atoms with van der Waals surface area (Å²) in [6.07, 6.45) is 0. The van der Waals surface area contributed by atoms with Gasteiger partial charge in [0, 0.05) is 22.3 Å². The highest BCUT2D eigenvalue weighted by molar-refractivity contribution is 6.28. The minimum absolute atomic E-state index is 0.167. The minimum Gasteiger partial charge on any atom is -0.289 e. The average Bonchev–Trinajstić information content (AvgIpc) is 3.00. The first kappa shape index (κ1) is 14.0. The van der Waals surface area contributed by atoms with Crippen LogP contribution in [0.15, 0.2) is 42.5 Å². The van der Waals surface area contributed by atoms with Crippen LogP contribution in [0.5, 0.6) is 0 Å². The molecule has 0 unspecified atom stereocenters. The zero-order valence-electron chi connectivity index (χ0n) is 12.6. The van der Waals surface area contributed by atoms with E-state index in [1.807, 2.05) is 6.07 Å². The van der Waals surface area contributed by atoms with E-state index >= 15 is 0 Å². The van der Waals surface area contributed by atoms with Crippen molar-refractivity contribution < 1.29 is 9.59 Å². The molecule has 1 aromatic heterocycles. The fourth-order valence-corrected chi connectivity index (χ4v) is 2.90. The summed E-state index contributed by atoms with van der Waals surface area (Å²) in [5.41, 5.74) is 2.92. The maximum atomic E-state index is 12.7. The average molecular weight is 314 g/mol. The van der Waals surface area contributed by atoms with Crippen molar-refractivity contribution in [2.75, 3.05) is 0 Å². The monoisotopic (exact) mass is 314 g/mol. The van der Waals surface area contributed by atoms with E-state index in [9.17, 15) is 9.59 Å². The maximum absolute atomic E-state index is 12.7. The Kier molecular flexibility index (Phi) is 2.90. The zero-order valence-corrected chi connectivity index (χ0v) is 12.6. The lowest BCUT2D eigenvalue weighted by molar-refractivity contribution is 0.0979. The van der Waals surface area contributed by atoms with Gasteiger partial charge in [0.1, 0.15) is 6.07 Å². The second-order valence-corrected chi connectivity index (χ2v) is 5.48. The number of benzene rings is 2. The quantitative estimate of drug-likeness (QED) is 0.537. The van der Waals surface area contributed by atoms with Crippen molar-refractivity contribution in [1.29, 1.82) is 5.26 Å². The van der Waals surface area contributed by atoms with Crippen LogP contribution in [-0.4, -0.2) is 26.6 Å². The Hall–Kier alpha value is -3.59. The largest absolute Gasteiger partial charge is 0.289 e.